The Morgan fingerprint density at radius 2 is 1.19 bits per heavy atom. The van der Waals surface area contributed by atoms with E-state index in [1.807, 2.05) is 65.4 Å². The molecule has 3 heterocycles. The molecule has 0 saturated carbocycles. The van der Waals surface area contributed by atoms with Gasteiger partial charge in [0, 0.05) is 53.4 Å². The lowest BCUT2D eigenvalue weighted by Gasteiger charge is -2.24. The zero-order valence-electron chi connectivity index (χ0n) is 39.4. The van der Waals surface area contributed by atoms with E-state index in [2.05, 4.69) is 171 Å². The number of hydrogen-bond donors (Lipinski definition) is 0. The Morgan fingerprint density at radius 1 is 0.531 bits per heavy atom. The van der Waals surface area contributed by atoms with Crippen LogP contribution in [0, 0.1) is 5.82 Å². The SMILES string of the molecule is CC(C)(C)c1cccc(-c2cccc3c2[N+](c2cc(C(C)(C)C)cc(C(C)(C)C)c2)=C=[N+]3c2cccc(Oc3cc(F)c4c5ccccc5n(-c5cc(C(C)(C)C)ccn5)c4c3)c2)c1. The van der Waals surface area contributed by atoms with Gasteiger partial charge in [0.05, 0.1) is 22.7 Å². The molecule has 6 aromatic carbocycles. The van der Waals surface area contributed by atoms with Gasteiger partial charge in [-0.1, -0.05) is 144 Å². The summed E-state index contributed by atoms with van der Waals surface area (Å²) in [6.07, 6.45) is 1.83. The highest BCUT2D eigenvalue weighted by molar-refractivity contribution is 6.10. The highest BCUT2D eigenvalue weighted by Crippen LogP contribution is 2.46. The lowest BCUT2D eigenvalue weighted by atomic mass is 9.80. The van der Waals surface area contributed by atoms with Crippen LogP contribution in [0.1, 0.15) is 105 Å². The molecule has 0 unspecified atom stereocenters. The van der Waals surface area contributed by atoms with E-state index >= 15 is 4.39 Å². The van der Waals surface area contributed by atoms with Crippen LogP contribution < -0.4 is 13.9 Å². The van der Waals surface area contributed by atoms with Gasteiger partial charge in [-0.05, 0) is 89.0 Å². The predicted molar refractivity (Wildman–Crippen MR) is 266 cm³/mol. The summed E-state index contributed by atoms with van der Waals surface area (Å²) >= 11 is 0. The number of nitrogens with zero attached hydrogens (tertiary/aromatic N) is 4. The van der Waals surface area contributed by atoms with Crippen LogP contribution >= 0.6 is 0 Å². The quantitative estimate of drug-likeness (QED) is 0.156. The number of rotatable bonds is 6. The molecule has 0 atom stereocenters. The van der Waals surface area contributed by atoms with E-state index < -0.39 is 0 Å². The number of benzene rings is 6. The topological polar surface area (TPSA) is 33.1 Å². The fraction of sp³-hybridized carbons (Fsp3) is 0.276. The van der Waals surface area contributed by atoms with Crippen molar-refractivity contribution in [2.45, 2.75) is 105 Å². The van der Waals surface area contributed by atoms with Crippen LogP contribution in [-0.4, -0.2) is 15.6 Å². The molecule has 64 heavy (non-hydrogen) atoms. The second-order valence-electron chi connectivity index (χ2n) is 21.4. The van der Waals surface area contributed by atoms with E-state index in [4.69, 9.17) is 9.72 Å². The molecule has 5 nitrogen and oxygen atoms in total. The maximum atomic E-state index is 16.5. The summed E-state index contributed by atoms with van der Waals surface area (Å²) in [6.45, 7) is 27.0. The van der Waals surface area contributed by atoms with E-state index in [0.717, 1.165) is 56.2 Å². The van der Waals surface area contributed by atoms with E-state index in [-0.39, 0.29) is 27.5 Å². The molecule has 1 aliphatic rings. The van der Waals surface area contributed by atoms with Gasteiger partial charge in [0.15, 0.2) is 0 Å². The predicted octanol–water partition coefficient (Wildman–Crippen LogP) is 15.8. The summed E-state index contributed by atoms with van der Waals surface area (Å²) in [4.78, 5) is 4.80. The molecule has 8 aromatic rings. The molecule has 0 bridgehead atoms. The number of fused-ring (bicyclic) bond motifs is 4. The van der Waals surface area contributed by atoms with Crippen molar-refractivity contribution in [3.05, 3.63) is 168 Å². The van der Waals surface area contributed by atoms with Crippen molar-refractivity contribution >= 4 is 50.6 Å². The Kier molecular flexibility index (Phi) is 10.2. The highest BCUT2D eigenvalue weighted by Gasteiger charge is 2.40. The van der Waals surface area contributed by atoms with Crippen molar-refractivity contribution in [1.29, 1.82) is 0 Å². The Bertz CT molecular complexity index is 3190. The van der Waals surface area contributed by atoms with Crippen molar-refractivity contribution in [2.24, 2.45) is 0 Å². The first kappa shape index (κ1) is 42.7. The first-order valence-electron chi connectivity index (χ1n) is 22.4. The van der Waals surface area contributed by atoms with Crippen LogP contribution in [0.4, 0.5) is 27.1 Å². The van der Waals surface area contributed by atoms with Crippen LogP contribution in [0.2, 0.25) is 0 Å². The molecule has 9 rings (SSSR count). The van der Waals surface area contributed by atoms with Crippen molar-refractivity contribution in [1.82, 2.24) is 18.7 Å². The van der Waals surface area contributed by atoms with Crippen LogP contribution in [0.5, 0.6) is 11.5 Å². The maximum absolute atomic E-state index is 16.5. The standard InChI is InChI=1S/C58H59FN4O/c1-55(2,3)38-19-15-18-37(28-38)46-23-17-25-50-54(46)62(43-30-40(57(7,8)9)29-41(31-43)58(10,11)12)36-61(50)42-20-16-21-44(33-42)64-45-34-48(59)53-47-22-13-14-24-49(47)63(51(53)35-45)52-32-39(26-27-60-52)56(4,5)6/h13-35H,1-12H3/q+2. The number of halogens is 1. The largest absolute Gasteiger partial charge is 0.503 e. The molecule has 6 heteroatoms. The Morgan fingerprint density at radius 3 is 1.89 bits per heavy atom. The molecule has 0 amide bonds. The molecule has 0 saturated heterocycles. The van der Waals surface area contributed by atoms with Crippen molar-refractivity contribution in [2.75, 3.05) is 0 Å². The number of pyridine rings is 1. The molecule has 322 valence electrons. The lowest BCUT2D eigenvalue weighted by Crippen LogP contribution is -2.17. The van der Waals surface area contributed by atoms with Crippen molar-refractivity contribution < 1.29 is 9.13 Å². The molecule has 0 spiro atoms. The second-order valence-corrected chi connectivity index (χ2v) is 21.4. The number of ether oxygens (including phenoxy) is 1. The highest BCUT2D eigenvalue weighted by atomic mass is 19.1. The van der Waals surface area contributed by atoms with Gasteiger partial charge in [-0.25, -0.2) is 9.37 Å². The van der Waals surface area contributed by atoms with Gasteiger partial charge in [0.25, 0.3) is 5.69 Å². The van der Waals surface area contributed by atoms with E-state index in [1.54, 1.807) is 0 Å². The molecule has 0 aliphatic carbocycles. The zero-order chi connectivity index (χ0) is 45.5. The minimum atomic E-state index is -0.355. The van der Waals surface area contributed by atoms with Gasteiger partial charge in [-0.3, -0.25) is 4.57 Å². The molecule has 0 fully saturated rings. The molecule has 0 radical (unpaired) electrons. The minimum Gasteiger partial charge on any atom is -0.457 e. The fourth-order valence-electron chi connectivity index (χ4n) is 8.68. The summed E-state index contributed by atoms with van der Waals surface area (Å²) in [7, 11) is 0. The Labute approximate surface area is 377 Å². The summed E-state index contributed by atoms with van der Waals surface area (Å²) in [5.41, 5.74) is 12.5. The van der Waals surface area contributed by atoms with E-state index in [1.165, 1.54) is 22.8 Å². The average Bonchev–Trinajstić information content (AvgIpc) is 3.79. The van der Waals surface area contributed by atoms with Gasteiger partial charge >= 0.3 is 11.7 Å². The third-order valence-electron chi connectivity index (χ3n) is 12.5. The maximum Gasteiger partial charge on any atom is 0.503 e. The fourth-order valence-corrected chi connectivity index (χ4v) is 8.68. The number of para-hydroxylation sites is 2. The Balaban J connectivity index is 1.20. The molecule has 1 aliphatic heterocycles. The average molecular weight is 847 g/mol. The van der Waals surface area contributed by atoms with Gasteiger partial charge in [0.2, 0.25) is 11.4 Å². The lowest BCUT2D eigenvalue weighted by molar-refractivity contribution is 0.478. The van der Waals surface area contributed by atoms with E-state index in [9.17, 15) is 0 Å². The second kappa shape index (κ2) is 15.3. The van der Waals surface area contributed by atoms with Crippen LogP contribution in [-0.2, 0) is 21.7 Å². The monoisotopic (exact) mass is 846 g/mol. The molecule has 2 aromatic heterocycles. The number of aromatic nitrogens is 2. The van der Waals surface area contributed by atoms with Gasteiger partial charge in [-0.15, -0.1) is 0 Å². The minimum absolute atomic E-state index is 0.0146. The normalized spacial score (nSPS) is 13.3. The van der Waals surface area contributed by atoms with Crippen LogP contribution in [0.15, 0.2) is 140 Å². The summed E-state index contributed by atoms with van der Waals surface area (Å²) < 4.78 is 29.5. The first-order valence-corrected chi connectivity index (χ1v) is 22.4. The summed E-state index contributed by atoms with van der Waals surface area (Å²) in [5, 5.41) is 1.36. The van der Waals surface area contributed by atoms with Crippen molar-refractivity contribution in [3.63, 3.8) is 0 Å². The first-order chi connectivity index (χ1) is 30.1. The molecular formula is C58H59FN4O+2. The van der Waals surface area contributed by atoms with Crippen LogP contribution in [0.25, 0.3) is 38.8 Å². The third kappa shape index (κ3) is 7.86. The van der Waals surface area contributed by atoms with Gasteiger partial charge < -0.3 is 4.74 Å². The van der Waals surface area contributed by atoms with Gasteiger partial charge in [0.1, 0.15) is 23.1 Å². The zero-order valence-corrected chi connectivity index (χ0v) is 39.4. The smallest absolute Gasteiger partial charge is 0.457 e. The van der Waals surface area contributed by atoms with Crippen molar-refractivity contribution in [3.8, 4) is 28.4 Å². The summed E-state index contributed by atoms with van der Waals surface area (Å²) in [5.74, 6) is 1.34. The molecular weight excluding hydrogens is 788 g/mol. The molecule has 0 N–H and O–H groups in total. The Hall–Kier alpha value is -6.62. The van der Waals surface area contributed by atoms with Gasteiger partial charge in [-0.2, -0.15) is 0 Å². The van der Waals surface area contributed by atoms with Crippen LogP contribution in [0.3, 0.4) is 0 Å². The third-order valence-corrected chi connectivity index (χ3v) is 12.5. The van der Waals surface area contributed by atoms with E-state index in [0.29, 0.717) is 22.4 Å². The number of hydrogen-bond acceptors (Lipinski definition) is 2. The summed E-state index contributed by atoms with van der Waals surface area (Å²) in [6, 6.07) is 49.7.